The van der Waals surface area contributed by atoms with Crippen LogP contribution in [0.2, 0.25) is 12.1 Å². The monoisotopic (exact) mass is 268 g/mol. The van der Waals surface area contributed by atoms with Crippen LogP contribution in [0.3, 0.4) is 0 Å². The highest BCUT2D eigenvalue weighted by Crippen LogP contribution is 2.30. The van der Waals surface area contributed by atoms with Gasteiger partial charge in [0.25, 0.3) is 0 Å². The van der Waals surface area contributed by atoms with E-state index in [9.17, 15) is 0 Å². The lowest BCUT2D eigenvalue weighted by atomic mass is 10.7. The quantitative estimate of drug-likeness (QED) is 0.416. The molecule has 0 aliphatic heterocycles. The van der Waals surface area contributed by atoms with Crippen molar-refractivity contribution in [2.45, 2.75) is 12.1 Å². The van der Waals surface area contributed by atoms with Crippen molar-refractivity contribution in [3.05, 3.63) is 25.3 Å². The summed E-state index contributed by atoms with van der Waals surface area (Å²) >= 11 is 7.23. The van der Waals surface area contributed by atoms with Gasteiger partial charge in [0.05, 0.1) is 0 Å². The molecule has 0 heterocycles. The van der Waals surface area contributed by atoms with Crippen LogP contribution in [-0.4, -0.2) is 5.31 Å². The molecule has 0 aliphatic carbocycles. The van der Waals surface area contributed by atoms with Gasteiger partial charge < -0.3 is 0 Å². The van der Waals surface area contributed by atoms with Crippen molar-refractivity contribution < 1.29 is 0 Å². The smallest absolute Gasteiger partial charge is 0.110 e. The molecule has 0 saturated carbocycles. The Kier molecular flexibility index (Phi) is 4.80. The molecule has 0 atom stereocenters. The molecule has 0 bridgehead atoms. The lowest BCUT2D eigenvalue weighted by Crippen LogP contribution is -2.13. The molecule has 52 valence electrons. The number of rotatable bonds is 4. The lowest BCUT2D eigenvalue weighted by Gasteiger charge is -2.11. The van der Waals surface area contributed by atoms with Gasteiger partial charge in [-0.15, -0.1) is 43.7 Å². The van der Waals surface area contributed by atoms with E-state index in [4.69, 9.17) is 0 Å². The number of hydrogen-bond acceptors (Lipinski definition) is 0. The van der Waals surface area contributed by atoms with Crippen molar-refractivity contribution in [2.24, 2.45) is 0 Å². The standard InChI is InChI=1S/C6H10Br2Si/c1-3-5-9(7,8)6-4-2/h3-4H,1-2,5-6H2. The largest absolute Gasteiger partial charge is 0.208 e. The molecule has 0 rings (SSSR count). The first-order valence-electron chi connectivity index (χ1n) is 2.72. The first-order chi connectivity index (χ1) is 4.12. The van der Waals surface area contributed by atoms with Crippen molar-refractivity contribution in [1.29, 1.82) is 0 Å². The van der Waals surface area contributed by atoms with Crippen LogP contribution in [0, 0.1) is 0 Å². The topological polar surface area (TPSA) is 0 Å². The van der Waals surface area contributed by atoms with E-state index in [1.165, 1.54) is 0 Å². The average molecular weight is 270 g/mol. The summed E-state index contributed by atoms with van der Waals surface area (Å²) in [6.45, 7) is 7.34. The summed E-state index contributed by atoms with van der Waals surface area (Å²) in [6.07, 6.45) is 3.86. The van der Waals surface area contributed by atoms with Crippen LogP contribution in [0.5, 0.6) is 0 Å². The van der Waals surface area contributed by atoms with Gasteiger partial charge in [-0.2, -0.15) is 0 Å². The van der Waals surface area contributed by atoms with Gasteiger partial charge in [0.2, 0.25) is 5.31 Å². The maximum absolute atomic E-state index is 3.67. The lowest BCUT2D eigenvalue weighted by molar-refractivity contribution is 1.58. The molecular weight excluding hydrogens is 260 g/mol. The Hall–Kier alpha value is 0.657. The molecule has 0 aromatic carbocycles. The Balaban J connectivity index is 3.68. The van der Waals surface area contributed by atoms with E-state index in [-0.39, 0.29) is 0 Å². The summed E-state index contributed by atoms with van der Waals surface area (Å²) in [5.41, 5.74) is 0. The minimum Gasteiger partial charge on any atom is -0.110 e. The third kappa shape index (κ3) is 5.12. The molecule has 9 heavy (non-hydrogen) atoms. The fourth-order valence-corrected chi connectivity index (χ4v) is 4.26. The van der Waals surface area contributed by atoms with Crippen molar-refractivity contribution >= 4 is 35.9 Å². The van der Waals surface area contributed by atoms with Crippen LogP contribution in [0.25, 0.3) is 0 Å². The highest BCUT2D eigenvalue weighted by Gasteiger charge is 2.21. The Morgan fingerprint density at radius 1 is 1.11 bits per heavy atom. The van der Waals surface area contributed by atoms with Crippen LogP contribution >= 0.6 is 30.6 Å². The molecule has 0 saturated heterocycles. The molecule has 0 nitrogen and oxygen atoms in total. The third-order valence-corrected chi connectivity index (χ3v) is 6.54. The Morgan fingerprint density at radius 2 is 1.44 bits per heavy atom. The molecular formula is C6H10Br2Si. The molecule has 3 heteroatoms. The molecule has 0 amide bonds. The van der Waals surface area contributed by atoms with Gasteiger partial charge >= 0.3 is 0 Å². The van der Waals surface area contributed by atoms with Gasteiger partial charge in [-0.1, -0.05) is 12.2 Å². The van der Waals surface area contributed by atoms with Crippen LogP contribution in [0.15, 0.2) is 25.3 Å². The van der Waals surface area contributed by atoms with Crippen molar-refractivity contribution in [3.63, 3.8) is 0 Å². The predicted molar refractivity (Wildman–Crippen MR) is 53.6 cm³/mol. The van der Waals surface area contributed by atoms with Crippen LogP contribution in [0.4, 0.5) is 0 Å². The van der Waals surface area contributed by atoms with Crippen molar-refractivity contribution in [3.8, 4) is 0 Å². The molecule has 0 N–H and O–H groups in total. The van der Waals surface area contributed by atoms with Crippen LogP contribution in [0.1, 0.15) is 0 Å². The van der Waals surface area contributed by atoms with Gasteiger partial charge in [0.15, 0.2) is 0 Å². The van der Waals surface area contributed by atoms with E-state index < -0.39 is 5.31 Å². The van der Waals surface area contributed by atoms with E-state index in [1.807, 2.05) is 12.2 Å². The first kappa shape index (κ1) is 9.66. The molecule has 0 aliphatic rings. The highest BCUT2D eigenvalue weighted by atomic mass is 79.9. The molecule has 0 spiro atoms. The summed E-state index contributed by atoms with van der Waals surface area (Å²) in [5, 5.41) is -1.31. The zero-order valence-corrected chi connectivity index (χ0v) is 9.41. The van der Waals surface area contributed by atoms with Gasteiger partial charge in [0.1, 0.15) is 0 Å². The first-order valence-corrected chi connectivity index (χ1v) is 9.65. The zero-order valence-electron chi connectivity index (χ0n) is 5.24. The Bertz CT molecular complexity index is 97.6. The van der Waals surface area contributed by atoms with E-state index in [1.54, 1.807) is 0 Å². The molecule has 0 aromatic heterocycles. The van der Waals surface area contributed by atoms with Gasteiger partial charge in [0, 0.05) is 0 Å². The molecule has 0 aromatic rings. The average Bonchev–Trinajstić information content (AvgIpc) is 1.64. The fourth-order valence-electron chi connectivity index (χ4n) is 0.506. The summed E-state index contributed by atoms with van der Waals surface area (Å²) in [7, 11) is 0. The molecule has 0 unspecified atom stereocenters. The minimum absolute atomic E-state index is 1.04. The second-order valence-corrected chi connectivity index (χ2v) is 16.7. The van der Waals surface area contributed by atoms with Crippen LogP contribution in [-0.2, 0) is 0 Å². The highest BCUT2D eigenvalue weighted by molar-refractivity contribution is 9.51. The van der Waals surface area contributed by atoms with E-state index in [0.29, 0.717) is 0 Å². The Morgan fingerprint density at radius 3 is 1.67 bits per heavy atom. The second-order valence-electron chi connectivity index (χ2n) is 1.84. The van der Waals surface area contributed by atoms with Crippen LogP contribution < -0.4 is 0 Å². The number of halogens is 2. The maximum atomic E-state index is 3.67. The third-order valence-electron chi connectivity index (χ3n) is 0.886. The van der Waals surface area contributed by atoms with Gasteiger partial charge in [-0.05, 0) is 12.1 Å². The predicted octanol–water partition coefficient (Wildman–Crippen LogP) is 3.59. The maximum Gasteiger partial charge on any atom is 0.208 e. The summed E-state index contributed by atoms with van der Waals surface area (Å²) < 4.78 is 0. The fraction of sp³-hybridized carbons (Fsp3) is 0.333. The SMILES string of the molecule is C=CC[Si](Br)(Br)CC=C. The summed E-state index contributed by atoms with van der Waals surface area (Å²) in [4.78, 5) is 0. The van der Waals surface area contributed by atoms with Crippen molar-refractivity contribution in [2.75, 3.05) is 0 Å². The molecule has 0 fully saturated rings. The number of allylic oxidation sites excluding steroid dienone is 2. The second kappa shape index (κ2) is 4.47. The Labute approximate surface area is 73.2 Å². The van der Waals surface area contributed by atoms with E-state index in [2.05, 4.69) is 43.7 Å². The van der Waals surface area contributed by atoms with E-state index >= 15 is 0 Å². The van der Waals surface area contributed by atoms with Crippen molar-refractivity contribution in [1.82, 2.24) is 0 Å². The molecule has 0 radical (unpaired) electrons. The summed E-state index contributed by atoms with van der Waals surface area (Å²) in [6, 6.07) is 2.08. The minimum atomic E-state index is -1.31. The summed E-state index contributed by atoms with van der Waals surface area (Å²) in [5.74, 6) is 0. The van der Waals surface area contributed by atoms with Gasteiger partial charge in [-0.3, -0.25) is 0 Å². The van der Waals surface area contributed by atoms with E-state index in [0.717, 1.165) is 12.1 Å². The number of hydrogen-bond donors (Lipinski definition) is 0. The zero-order chi connectivity index (χ0) is 7.33. The normalized spacial score (nSPS) is 10.9. The van der Waals surface area contributed by atoms with Gasteiger partial charge in [-0.25, -0.2) is 0 Å².